The van der Waals surface area contributed by atoms with Gasteiger partial charge in [0.2, 0.25) is 5.82 Å². The Morgan fingerprint density at radius 1 is 1.20 bits per heavy atom. The second-order valence-electron chi connectivity index (χ2n) is 9.93. The number of fused-ring (bicyclic) bond motifs is 2. The number of alkyl halides is 3. The van der Waals surface area contributed by atoms with Gasteiger partial charge in [0.25, 0.3) is 5.91 Å². The van der Waals surface area contributed by atoms with Gasteiger partial charge in [0.15, 0.2) is 0 Å². The molecule has 4 heterocycles. The van der Waals surface area contributed by atoms with Gasteiger partial charge in [0.05, 0.1) is 18.3 Å². The number of carbonyl (C=O) groups is 1. The lowest BCUT2D eigenvalue weighted by Gasteiger charge is -2.20. The summed E-state index contributed by atoms with van der Waals surface area (Å²) in [7, 11) is 0. The maximum absolute atomic E-state index is 13.8. The molecule has 0 bridgehead atoms. The number of anilines is 1. The summed E-state index contributed by atoms with van der Waals surface area (Å²) in [6, 6.07) is 3.34. The standard InChI is InChI=1S/C24H26F3N7O/c1-12-14(3-6-20(28-12)33-9-15-7-16(15)10-33)8-34-11-19(30-23(34)24(25,26)27)22(35)29-18-5-4-17-13(2)31-32-21(17)18/h3,6,11,15-16,18H,4-5,7-10H2,1-2H3,(H,29,35)(H,31,32)/t15?,16?,18-/m1/s1. The van der Waals surface area contributed by atoms with Crippen molar-refractivity contribution in [3.8, 4) is 0 Å². The first-order valence-corrected chi connectivity index (χ1v) is 11.9. The van der Waals surface area contributed by atoms with Gasteiger partial charge < -0.3 is 14.8 Å². The molecule has 0 radical (unpaired) electrons. The lowest BCUT2D eigenvalue weighted by atomic mass is 10.2. The van der Waals surface area contributed by atoms with Gasteiger partial charge >= 0.3 is 6.18 Å². The smallest absolute Gasteiger partial charge is 0.356 e. The lowest BCUT2D eigenvalue weighted by molar-refractivity contribution is -0.147. The summed E-state index contributed by atoms with van der Waals surface area (Å²) < 4.78 is 42.4. The van der Waals surface area contributed by atoms with Gasteiger partial charge in [-0.3, -0.25) is 9.89 Å². The summed E-state index contributed by atoms with van der Waals surface area (Å²) in [6.45, 7) is 5.62. The molecule has 1 saturated heterocycles. The normalized spacial score (nSPS) is 22.9. The monoisotopic (exact) mass is 485 g/mol. The third-order valence-corrected chi connectivity index (χ3v) is 7.51. The summed E-state index contributed by atoms with van der Waals surface area (Å²) >= 11 is 0. The molecule has 6 rings (SSSR count). The molecule has 35 heavy (non-hydrogen) atoms. The Kier molecular flexibility index (Phi) is 4.94. The third-order valence-electron chi connectivity index (χ3n) is 7.51. The van der Waals surface area contributed by atoms with Gasteiger partial charge in [-0.25, -0.2) is 9.97 Å². The van der Waals surface area contributed by atoms with E-state index in [0.29, 0.717) is 17.7 Å². The first kappa shape index (κ1) is 22.1. The van der Waals surface area contributed by atoms with Gasteiger partial charge in [-0.05, 0) is 62.1 Å². The van der Waals surface area contributed by atoms with E-state index in [1.54, 1.807) is 6.92 Å². The number of H-pyrrole nitrogens is 1. The van der Waals surface area contributed by atoms with Crippen LogP contribution in [0.25, 0.3) is 0 Å². The Labute approximate surface area is 199 Å². The van der Waals surface area contributed by atoms with Crippen molar-refractivity contribution in [1.82, 2.24) is 30.0 Å². The fraction of sp³-hybridized carbons (Fsp3) is 0.500. The van der Waals surface area contributed by atoms with E-state index in [1.807, 2.05) is 19.1 Å². The van der Waals surface area contributed by atoms with Crippen LogP contribution < -0.4 is 10.2 Å². The van der Waals surface area contributed by atoms with E-state index in [0.717, 1.165) is 58.7 Å². The summed E-state index contributed by atoms with van der Waals surface area (Å²) in [5.74, 6) is 0.632. The minimum Gasteiger partial charge on any atom is -0.356 e. The average Bonchev–Trinajstić information content (AvgIpc) is 3.24. The molecule has 184 valence electrons. The zero-order chi connectivity index (χ0) is 24.5. The van der Waals surface area contributed by atoms with Crippen molar-refractivity contribution in [1.29, 1.82) is 0 Å². The van der Waals surface area contributed by atoms with Gasteiger partial charge in [0.1, 0.15) is 11.5 Å². The number of hydrogen-bond acceptors (Lipinski definition) is 5. The second-order valence-corrected chi connectivity index (χ2v) is 9.93. The number of imidazole rings is 1. The largest absolute Gasteiger partial charge is 0.449 e. The number of nitrogens with zero attached hydrogens (tertiary/aromatic N) is 5. The fourth-order valence-electron chi connectivity index (χ4n) is 5.43. The van der Waals surface area contributed by atoms with Crippen LogP contribution in [0, 0.1) is 25.7 Å². The summed E-state index contributed by atoms with van der Waals surface area (Å²) in [6.07, 6.45) is -0.831. The second kappa shape index (κ2) is 7.82. The topological polar surface area (TPSA) is 91.7 Å². The van der Waals surface area contributed by atoms with E-state index >= 15 is 0 Å². The Balaban J connectivity index is 1.22. The number of aromatic nitrogens is 5. The van der Waals surface area contributed by atoms with Crippen molar-refractivity contribution in [3.05, 3.63) is 58.1 Å². The molecule has 2 aliphatic carbocycles. The van der Waals surface area contributed by atoms with E-state index < -0.39 is 17.9 Å². The molecule has 3 aromatic heterocycles. The first-order chi connectivity index (χ1) is 16.7. The average molecular weight is 486 g/mol. The maximum Gasteiger partial charge on any atom is 0.449 e. The van der Waals surface area contributed by atoms with Crippen molar-refractivity contribution in [2.45, 2.75) is 51.9 Å². The van der Waals surface area contributed by atoms with Crippen LogP contribution in [0.3, 0.4) is 0 Å². The lowest BCUT2D eigenvalue weighted by Crippen LogP contribution is -2.28. The number of halogens is 3. The molecular weight excluding hydrogens is 459 g/mol. The van der Waals surface area contributed by atoms with Crippen LogP contribution in [0.15, 0.2) is 18.3 Å². The van der Waals surface area contributed by atoms with Crippen LogP contribution in [0.2, 0.25) is 0 Å². The van der Waals surface area contributed by atoms with Crippen LogP contribution in [0.1, 0.15) is 63.4 Å². The molecule has 3 aliphatic rings. The quantitative estimate of drug-likeness (QED) is 0.577. The Bertz CT molecular complexity index is 1300. The van der Waals surface area contributed by atoms with E-state index in [9.17, 15) is 18.0 Å². The van der Waals surface area contributed by atoms with Gasteiger partial charge in [-0.1, -0.05) is 6.07 Å². The van der Waals surface area contributed by atoms with Gasteiger partial charge in [-0.15, -0.1) is 0 Å². The zero-order valence-corrected chi connectivity index (χ0v) is 19.5. The van der Waals surface area contributed by atoms with Crippen molar-refractivity contribution >= 4 is 11.7 Å². The van der Waals surface area contributed by atoms with Crippen LogP contribution in [-0.4, -0.2) is 43.7 Å². The molecule has 3 aromatic rings. The van der Waals surface area contributed by atoms with Crippen molar-refractivity contribution in [2.24, 2.45) is 11.8 Å². The molecule has 1 saturated carbocycles. The van der Waals surface area contributed by atoms with Crippen molar-refractivity contribution < 1.29 is 18.0 Å². The molecule has 2 unspecified atom stereocenters. The molecule has 0 aromatic carbocycles. The first-order valence-electron chi connectivity index (χ1n) is 11.9. The SMILES string of the molecule is Cc1nc(N2CC3CC3C2)ccc1Cn1cc(C(=O)N[C@@H]2CCc3c2n[nH]c3C)nc1C(F)(F)F. The predicted molar refractivity (Wildman–Crippen MR) is 121 cm³/mol. The summed E-state index contributed by atoms with van der Waals surface area (Å²) in [5.41, 5.74) is 3.79. The molecule has 11 heteroatoms. The van der Waals surface area contributed by atoms with E-state index in [4.69, 9.17) is 0 Å². The number of hydrogen-bond donors (Lipinski definition) is 2. The highest BCUT2D eigenvalue weighted by Gasteiger charge is 2.45. The maximum atomic E-state index is 13.8. The highest BCUT2D eigenvalue weighted by molar-refractivity contribution is 5.92. The van der Waals surface area contributed by atoms with Gasteiger partial charge in [-0.2, -0.15) is 18.3 Å². The predicted octanol–water partition coefficient (Wildman–Crippen LogP) is 3.56. The zero-order valence-electron chi connectivity index (χ0n) is 19.5. The molecule has 0 spiro atoms. The Morgan fingerprint density at radius 2 is 1.97 bits per heavy atom. The molecule has 2 N–H and O–H groups in total. The minimum atomic E-state index is -4.70. The van der Waals surface area contributed by atoms with Crippen molar-refractivity contribution in [3.63, 3.8) is 0 Å². The summed E-state index contributed by atoms with van der Waals surface area (Å²) in [5, 5.41) is 9.93. The van der Waals surface area contributed by atoms with Crippen LogP contribution >= 0.6 is 0 Å². The van der Waals surface area contributed by atoms with Crippen LogP contribution in [0.4, 0.5) is 19.0 Å². The number of pyridine rings is 1. The molecule has 1 aliphatic heterocycles. The molecule has 8 nitrogen and oxygen atoms in total. The molecule has 2 fully saturated rings. The van der Waals surface area contributed by atoms with Gasteiger partial charge in [0, 0.05) is 30.7 Å². The number of amides is 1. The van der Waals surface area contributed by atoms with Crippen molar-refractivity contribution in [2.75, 3.05) is 18.0 Å². The third kappa shape index (κ3) is 3.96. The van der Waals surface area contributed by atoms with E-state index in [-0.39, 0.29) is 18.3 Å². The Morgan fingerprint density at radius 3 is 2.69 bits per heavy atom. The highest BCUT2D eigenvalue weighted by Crippen LogP contribution is 2.46. The number of carbonyl (C=O) groups excluding carboxylic acids is 1. The Hall–Kier alpha value is -3.37. The number of rotatable bonds is 5. The minimum absolute atomic E-state index is 0.0778. The number of aryl methyl sites for hydroxylation is 2. The van der Waals surface area contributed by atoms with Crippen LogP contribution in [-0.2, 0) is 19.1 Å². The molecule has 1 amide bonds. The highest BCUT2D eigenvalue weighted by atomic mass is 19.4. The summed E-state index contributed by atoms with van der Waals surface area (Å²) in [4.78, 5) is 23.4. The fourth-order valence-corrected chi connectivity index (χ4v) is 5.43. The number of piperidine rings is 1. The van der Waals surface area contributed by atoms with Crippen LogP contribution in [0.5, 0.6) is 0 Å². The van der Waals surface area contributed by atoms with E-state index in [1.165, 1.54) is 12.6 Å². The van der Waals surface area contributed by atoms with E-state index in [2.05, 4.69) is 30.4 Å². The number of aromatic amines is 1. The molecular formula is C24H26F3N7O. The molecule has 3 atom stereocenters. The number of nitrogens with one attached hydrogen (secondary N) is 2.